The first-order chi connectivity index (χ1) is 10.2. The van der Waals surface area contributed by atoms with Crippen molar-refractivity contribution in [2.75, 3.05) is 5.32 Å². The van der Waals surface area contributed by atoms with Crippen LogP contribution in [0.1, 0.15) is 20.8 Å². The van der Waals surface area contributed by atoms with Crippen molar-refractivity contribution in [2.24, 2.45) is 5.41 Å². The Kier molecular flexibility index (Phi) is 5.41. The van der Waals surface area contributed by atoms with E-state index in [4.69, 9.17) is 0 Å². The maximum atomic E-state index is 14.5. The van der Waals surface area contributed by atoms with Crippen LogP contribution in [0, 0.1) is 18.4 Å². The van der Waals surface area contributed by atoms with E-state index in [1.54, 1.807) is 30.5 Å². The van der Waals surface area contributed by atoms with Crippen LogP contribution in [0.3, 0.4) is 0 Å². The molecule has 0 saturated heterocycles. The summed E-state index contributed by atoms with van der Waals surface area (Å²) in [5, 5.41) is 2.86. The third-order valence-corrected chi connectivity index (χ3v) is 5.93. The summed E-state index contributed by atoms with van der Waals surface area (Å²) in [5.41, 5.74) is 0.854. The van der Waals surface area contributed by atoms with Crippen molar-refractivity contribution < 1.29 is 9.18 Å². The second-order valence-corrected chi connectivity index (χ2v) is 8.07. The summed E-state index contributed by atoms with van der Waals surface area (Å²) in [7, 11) is 0. The first kappa shape index (κ1) is 17.6. The molecule has 0 aliphatic carbocycles. The van der Waals surface area contributed by atoms with Gasteiger partial charge in [0.1, 0.15) is 5.69 Å². The number of nitrogens with one attached hydrogen (secondary N) is 1. The molecular weight excluding hydrogens is 509 g/mol. The summed E-state index contributed by atoms with van der Waals surface area (Å²) in [6.07, 6.45) is 1.63. The summed E-state index contributed by atoms with van der Waals surface area (Å²) in [4.78, 5) is 16.4. The molecule has 0 radical (unpaired) electrons. The first-order valence-corrected chi connectivity index (χ1v) is 8.78. The van der Waals surface area contributed by atoms with Gasteiger partial charge in [0.15, 0.2) is 5.82 Å². The molecule has 0 atom stereocenters. The van der Waals surface area contributed by atoms with Crippen LogP contribution in [0.25, 0.3) is 11.3 Å². The topological polar surface area (TPSA) is 42.0 Å². The van der Waals surface area contributed by atoms with Crippen LogP contribution in [0.2, 0.25) is 0 Å². The van der Waals surface area contributed by atoms with Crippen molar-refractivity contribution in [3.8, 4) is 11.3 Å². The number of rotatable bonds is 2. The van der Waals surface area contributed by atoms with E-state index in [0.717, 1.165) is 3.57 Å². The van der Waals surface area contributed by atoms with E-state index in [1.807, 2.05) is 66.0 Å². The number of benzene rings is 1. The maximum absolute atomic E-state index is 14.5. The van der Waals surface area contributed by atoms with Gasteiger partial charge in [0.05, 0.1) is 9.26 Å². The number of aromatic nitrogens is 1. The van der Waals surface area contributed by atoms with Gasteiger partial charge in [-0.25, -0.2) is 4.39 Å². The Bertz CT molecular complexity index is 727. The number of anilines is 1. The molecule has 2 aromatic rings. The molecule has 1 heterocycles. The fraction of sp³-hybridized carbons (Fsp3) is 0.250. The molecular formula is C16H15FI2N2O. The van der Waals surface area contributed by atoms with Crippen LogP contribution in [-0.4, -0.2) is 10.9 Å². The minimum absolute atomic E-state index is 0.124. The van der Waals surface area contributed by atoms with Gasteiger partial charge in [-0.3, -0.25) is 9.78 Å². The van der Waals surface area contributed by atoms with Crippen LogP contribution in [0.5, 0.6) is 0 Å². The van der Waals surface area contributed by atoms with E-state index >= 15 is 0 Å². The maximum Gasteiger partial charge on any atom is 0.229 e. The zero-order valence-corrected chi connectivity index (χ0v) is 16.7. The molecule has 3 nitrogen and oxygen atoms in total. The minimum atomic E-state index is -0.528. The molecule has 116 valence electrons. The molecule has 1 aromatic heterocycles. The molecule has 6 heteroatoms. The second kappa shape index (κ2) is 6.77. The Morgan fingerprint density at radius 3 is 2.50 bits per heavy atom. The SMILES string of the molecule is CC(C)(C)C(=O)Nc1ccccc1-c1ncc(I)c(I)c1F. The van der Waals surface area contributed by atoms with Gasteiger partial charge in [-0.15, -0.1) is 0 Å². The van der Waals surface area contributed by atoms with Crippen molar-refractivity contribution in [3.05, 3.63) is 43.4 Å². The van der Waals surface area contributed by atoms with Crippen LogP contribution in [0.4, 0.5) is 10.1 Å². The monoisotopic (exact) mass is 524 g/mol. The van der Waals surface area contributed by atoms with E-state index in [2.05, 4.69) is 10.3 Å². The van der Waals surface area contributed by atoms with Gasteiger partial charge >= 0.3 is 0 Å². The first-order valence-electron chi connectivity index (χ1n) is 6.62. The number of halogens is 3. The summed E-state index contributed by atoms with van der Waals surface area (Å²) < 4.78 is 15.8. The standard InChI is InChI=1S/C16H15FI2N2O/c1-16(2,3)15(22)21-11-7-5-4-6-9(11)14-12(17)13(19)10(18)8-20-14/h4-8H,1-3H3,(H,21,22). The lowest BCUT2D eigenvalue weighted by Gasteiger charge is -2.19. The lowest BCUT2D eigenvalue weighted by molar-refractivity contribution is -0.123. The van der Waals surface area contributed by atoms with Crippen LogP contribution in [0.15, 0.2) is 30.5 Å². The third kappa shape index (κ3) is 3.76. The number of hydrogen-bond acceptors (Lipinski definition) is 2. The Morgan fingerprint density at radius 2 is 1.86 bits per heavy atom. The van der Waals surface area contributed by atoms with Gasteiger partial charge in [0.2, 0.25) is 5.91 Å². The van der Waals surface area contributed by atoms with Crippen molar-refractivity contribution in [1.82, 2.24) is 4.98 Å². The van der Waals surface area contributed by atoms with Gasteiger partial charge in [0, 0.05) is 20.7 Å². The lowest BCUT2D eigenvalue weighted by Crippen LogP contribution is -2.27. The highest BCUT2D eigenvalue weighted by molar-refractivity contribution is 14.1. The van der Waals surface area contributed by atoms with Crippen molar-refractivity contribution >= 4 is 56.8 Å². The number of amides is 1. The second-order valence-electron chi connectivity index (χ2n) is 5.83. The molecule has 0 bridgehead atoms. The van der Waals surface area contributed by atoms with Crippen molar-refractivity contribution in [1.29, 1.82) is 0 Å². The summed E-state index contributed by atoms with van der Waals surface area (Å²) in [5.74, 6) is -0.495. The molecule has 22 heavy (non-hydrogen) atoms. The smallest absolute Gasteiger partial charge is 0.229 e. The van der Waals surface area contributed by atoms with Crippen molar-refractivity contribution in [2.45, 2.75) is 20.8 Å². The number of nitrogens with zero attached hydrogens (tertiary/aromatic N) is 1. The quantitative estimate of drug-likeness (QED) is 0.558. The van der Waals surface area contributed by atoms with E-state index in [0.29, 0.717) is 14.8 Å². The third-order valence-electron chi connectivity index (χ3n) is 3.03. The highest BCUT2D eigenvalue weighted by Crippen LogP contribution is 2.32. The van der Waals surface area contributed by atoms with Gasteiger partial charge in [-0.1, -0.05) is 39.0 Å². The largest absolute Gasteiger partial charge is 0.325 e. The normalized spacial score (nSPS) is 11.4. The molecule has 0 spiro atoms. The lowest BCUT2D eigenvalue weighted by atomic mass is 9.95. The Balaban J connectivity index is 2.50. The molecule has 1 amide bonds. The van der Waals surface area contributed by atoms with E-state index in [-0.39, 0.29) is 17.4 Å². The summed E-state index contributed by atoms with van der Waals surface area (Å²) in [6.45, 7) is 5.49. The summed E-state index contributed by atoms with van der Waals surface area (Å²) >= 11 is 4.01. The van der Waals surface area contributed by atoms with Gasteiger partial charge < -0.3 is 5.32 Å². The number of carbonyl (C=O) groups excluding carboxylic acids is 1. The fourth-order valence-corrected chi connectivity index (χ4v) is 2.51. The number of carbonyl (C=O) groups is 1. The van der Waals surface area contributed by atoms with E-state index in [1.165, 1.54) is 0 Å². The molecule has 0 aliphatic heterocycles. The number of pyridine rings is 1. The van der Waals surface area contributed by atoms with Crippen LogP contribution < -0.4 is 5.32 Å². The average Bonchev–Trinajstić information content (AvgIpc) is 2.45. The molecule has 1 N–H and O–H groups in total. The zero-order valence-electron chi connectivity index (χ0n) is 12.4. The Labute approximate surface area is 156 Å². The predicted molar refractivity (Wildman–Crippen MR) is 103 cm³/mol. The number of para-hydroxylation sites is 1. The molecule has 0 unspecified atom stereocenters. The molecule has 2 rings (SSSR count). The fourth-order valence-electron chi connectivity index (χ4n) is 1.74. The average molecular weight is 524 g/mol. The molecule has 1 aromatic carbocycles. The van der Waals surface area contributed by atoms with Crippen molar-refractivity contribution in [3.63, 3.8) is 0 Å². The summed E-state index contributed by atoms with van der Waals surface area (Å²) in [6, 6.07) is 7.11. The zero-order chi connectivity index (χ0) is 16.5. The Morgan fingerprint density at radius 1 is 1.23 bits per heavy atom. The molecule has 0 saturated carbocycles. The van der Waals surface area contributed by atoms with Crippen LogP contribution >= 0.6 is 45.2 Å². The highest BCUT2D eigenvalue weighted by atomic mass is 127. The van der Waals surface area contributed by atoms with E-state index in [9.17, 15) is 9.18 Å². The number of hydrogen-bond donors (Lipinski definition) is 1. The van der Waals surface area contributed by atoms with E-state index < -0.39 is 5.41 Å². The van der Waals surface area contributed by atoms with Gasteiger partial charge in [-0.05, 0) is 51.2 Å². The minimum Gasteiger partial charge on any atom is -0.325 e. The highest BCUT2D eigenvalue weighted by Gasteiger charge is 2.23. The Hall–Kier alpha value is -0.770. The van der Waals surface area contributed by atoms with Gasteiger partial charge in [-0.2, -0.15) is 0 Å². The molecule has 0 fully saturated rings. The predicted octanol–water partition coefficient (Wildman–Crippen LogP) is 5.08. The van der Waals surface area contributed by atoms with Gasteiger partial charge in [0.25, 0.3) is 0 Å². The van der Waals surface area contributed by atoms with Crippen LogP contribution in [-0.2, 0) is 4.79 Å². The molecule has 0 aliphatic rings.